The molecule has 1 atom stereocenters. The second-order valence-corrected chi connectivity index (χ2v) is 4.80. The van der Waals surface area contributed by atoms with Crippen LogP contribution in [0.4, 0.5) is 0 Å². The molecule has 17 heavy (non-hydrogen) atoms. The van der Waals surface area contributed by atoms with Crippen LogP contribution in [0.2, 0.25) is 0 Å². The third kappa shape index (κ3) is 8.58. The molecule has 0 aromatic carbocycles. The van der Waals surface area contributed by atoms with Crippen LogP contribution in [-0.2, 0) is 0 Å². The smallest absolute Gasteiger partial charge is 0.0240 e. The van der Waals surface area contributed by atoms with E-state index in [1.807, 2.05) is 0 Å². The zero-order valence-electron chi connectivity index (χ0n) is 12.2. The van der Waals surface area contributed by atoms with Crippen molar-refractivity contribution >= 4 is 0 Å². The molecule has 3 N–H and O–H groups in total. The molecule has 0 heterocycles. The Morgan fingerprint density at radius 3 is 2.35 bits per heavy atom. The molecule has 3 nitrogen and oxygen atoms in total. The number of nitrogens with zero attached hydrogens (tertiary/aromatic N) is 1. The molecule has 0 amide bonds. The van der Waals surface area contributed by atoms with Gasteiger partial charge < -0.3 is 5.73 Å². The third-order valence-corrected chi connectivity index (χ3v) is 3.23. The fourth-order valence-electron chi connectivity index (χ4n) is 2.23. The topological polar surface area (TPSA) is 41.3 Å². The van der Waals surface area contributed by atoms with E-state index in [0.29, 0.717) is 12.6 Å². The van der Waals surface area contributed by atoms with E-state index in [9.17, 15) is 0 Å². The molecule has 0 aromatic rings. The molecule has 0 aliphatic carbocycles. The lowest BCUT2D eigenvalue weighted by molar-refractivity contribution is 0.112. The van der Waals surface area contributed by atoms with Gasteiger partial charge in [-0.15, -0.1) is 0 Å². The van der Waals surface area contributed by atoms with E-state index < -0.39 is 0 Å². The Morgan fingerprint density at radius 2 is 1.82 bits per heavy atom. The second kappa shape index (κ2) is 12.3. The minimum Gasteiger partial charge on any atom is -0.329 e. The van der Waals surface area contributed by atoms with Crippen LogP contribution in [0.3, 0.4) is 0 Å². The van der Waals surface area contributed by atoms with Crippen molar-refractivity contribution < 1.29 is 0 Å². The largest absolute Gasteiger partial charge is 0.329 e. The maximum atomic E-state index is 5.57. The predicted octanol–water partition coefficient (Wildman–Crippen LogP) is 2.91. The molecular formula is C14H33N3. The minimum absolute atomic E-state index is 0.679. The number of nitrogens with one attached hydrogen (secondary N) is 1. The van der Waals surface area contributed by atoms with Gasteiger partial charge in [-0.2, -0.15) is 0 Å². The molecule has 0 rings (SSSR count). The van der Waals surface area contributed by atoms with Crippen molar-refractivity contribution in [3.63, 3.8) is 0 Å². The summed E-state index contributed by atoms with van der Waals surface area (Å²) in [6.07, 6.45) is 9.17. The number of unbranched alkanes of at least 4 members (excludes halogenated alkanes) is 3. The maximum absolute atomic E-state index is 5.57. The van der Waals surface area contributed by atoms with Gasteiger partial charge in [0.25, 0.3) is 0 Å². The van der Waals surface area contributed by atoms with Gasteiger partial charge in [-0.05, 0) is 19.3 Å². The Morgan fingerprint density at radius 1 is 1.06 bits per heavy atom. The number of hydrazine groups is 1. The predicted molar refractivity (Wildman–Crippen MR) is 76.9 cm³/mol. The number of nitrogens with two attached hydrogens (primary N) is 1. The Balaban J connectivity index is 3.95. The first-order chi connectivity index (χ1) is 8.29. The summed E-state index contributed by atoms with van der Waals surface area (Å²) < 4.78 is 0. The molecule has 0 bridgehead atoms. The highest BCUT2D eigenvalue weighted by molar-refractivity contribution is 4.67. The average molecular weight is 243 g/mol. The molecule has 0 saturated heterocycles. The Labute approximate surface area is 108 Å². The standard InChI is InChI=1S/C14H33N3/c1-4-7-8-9-10-14(6-3)17(13-5-2)16-12-11-15/h14,16H,4-13,15H2,1-3H3. The van der Waals surface area contributed by atoms with Crippen LogP contribution in [0, 0.1) is 0 Å². The van der Waals surface area contributed by atoms with Crippen LogP contribution in [0.15, 0.2) is 0 Å². The fourth-order valence-corrected chi connectivity index (χ4v) is 2.23. The van der Waals surface area contributed by atoms with E-state index in [0.717, 1.165) is 13.1 Å². The zero-order chi connectivity index (χ0) is 12.9. The Kier molecular flexibility index (Phi) is 12.3. The van der Waals surface area contributed by atoms with Gasteiger partial charge in [0.2, 0.25) is 0 Å². The lowest BCUT2D eigenvalue weighted by Gasteiger charge is -2.31. The molecule has 0 saturated carbocycles. The summed E-state index contributed by atoms with van der Waals surface area (Å²) in [6, 6.07) is 0.679. The van der Waals surface area contributed by atoms with Crippen LogP contribution in [0.25, 0.3) is 0 Å². The van der Waals surface area contributed by atoms with Gasteiger partial charge in [0, 0.05) is 25.7 Å². The first-order valence-electron chi connectivity index (χ1n) is 7.50. The van der Waals surface area contributed by atoms with Crippen molar-refractivity contribution in [1.29, 1.82) is 0 Å². The summed E-state index contributed by atoms with van der Waals surface area (Å²) in [6.45, 7) is 9.53. The van der Waals surface area contributed by atoms with E-state index >= 15 is 0 Å². The van der Waals surface area contributed by atoms with Crippen LogP contribution >= 0.6 is 0 Å². The SMILES string of the molecule is CCCCCCC(CC)N(CCC)NCCN. The normalized spacial score (nSPS) is 13.2. The summed E-state index contributed by atoms with van der Waals surface area (Å²) in [7, 11) is 0. The lowest BCUT2D eigenvalue weighted by atomic mass is 10.0. The van der Waals surface area contributed by atoms with Gasteiger partial charge in [-0.1, -0.05) is 46.5 Å². The molecule has 3 heteroatoms. The van der Waals surface area contributed by atoms with E-state index in [-0.39, 0.29) is 0 Å². The van der Waals surface area contributed by atoms with Crippen LogP contribution in [-0.4, -0.2) is 30.7 Å². The molecule has 0 aromatic heterocycles. The van der Waals surface area contributed by atoms with Crippen LogP contribution in [0.5, 0.6) is 0 Å². The summed E-state index contributed by atoms with van der Waals surface area (Å²) >= 11 is 0. The van der Waals surface area contributed by atoms with Crippen molar-refractivity contribution in [2.24, 2.45) is 5.73 Å². The summed E-state index contributed by atoms with van der Waals surface area (Å²) in [5.41, 5.74) is 9.04. The van der Waals surface area contributed by atoms with Gasteiger partial charge >= 0.3 is 0 Å². The van der Waals surface area contributed by atoms with Gasteiger partial charge in [-0.25, -0.2) is 5.01 Å². The summed E-state index contributed by atoms with van der Waals surface area (Å²) in [5.74, 6) is 0. The molecule has 1 unspecified atom stereocenters. The average Bonchev–Trinajstić information content (AvgIpc) is 2.35. The van der Waals surface area contributed by atoms with Gasteiger partial charge in [-0.3, -0.25) is 5.43 Å². The number of hydrogen-bond donors (Lipinski definition) is 2. The lowest BCUT2D eigenvalue weighted by Crippen LogP contribution is -2.47. The molecular weight excluding hydrogens is 210 g/mol. The Hall–Kier alpha value is -0.120. The first-order valence-corrected chi connectivity index (χ1v) is 7.50. The van der Waals surface area contributed by atoms with Crippen molar-refractivity contribution in [3.8, 4) is 0 Å². The summed E-state index contributed by atoms with van der Waals surface area (Å²) in [5, 5.41) is 2.42. The highest BCUT2D eigenvalue weighted by Gasteiger charge is 2.14. The van der Waals surface area contributed by atoms with E-state index in [2.05, 4.69) is 31.2 Å². The first kappa shape index (κ1) is 16.9. The Bertz CT molecular complexity index is 150. The van der Waals surface area contributed by atoms with E-state index in [1.54, 1.807) is 0 Å². The van der Waals surface area contributed by atoms with E-state index in [4.69, 9.17) is 5.73 Å². The molecule has 0 radical (unpaired) electrons. The van der Waals surface area contributed by atoms with Crippen molar-refractivity contribution in [2.75, 3.05) is 19.6 Å². The summed E-state index contributed by atoms with van der Waals surface area (Å²) in [4.78, 5) is 0. The molecule has 104 valence electrons. The number of rotatable bonds is 12. The van der Waals surface area contributed by atoms with Crippen LogP contribution < -0.4 is 11.2 Å². The fraction of sp³-hybridized carbons (Fsp3) is 1.00. The van der Waals surface area contributed by atoms with E-state index in [1.165, 1.54) is 44.9 Å². The molecule has 0 spiro atoms. The molecule has 0 aliphatic rings. The van der Waals surface area contributed by atoms with Crippen molar-refractivity contribution in [3.05, 3.63) is 0 Å². The maximum Gasteiger partial charge on any atom is 0.0240 e. The van der Waals surface area contributed by atoms with Gasteiger partial charge in [0.1, 0.15) is 0 Å². The van der Waals surface area contributed by atoms with Gasteiger partial charge in [0.05, 0.1) is 0 Å². The highest BCUT2D eigenvalue weighted by Crippen LogP contribution is 2.13. The third-order valence-electron chi connectivity index (χ3n) is 3.23. The quantitative estimate of drug-likeness (QED) is 0.409. The minimum atomic E-state index is 0.679. The van der Waals surface area contributed by atoms with Crippen molar-refractivity contribution in [1.82, 2.24) is 10.4 Å². The monoisotopic (exact) mass is 243 g/mol. The van der Waals surface area contributed by atoms with Gasteiger partial charge in [0.15, 0.2) is 0 Å². The van der Waals surface area contributed by atoms with Crippen LogP contribution in [0.1, 0.15) is 65.7 Å². The second-order valence-electron chi connectivity index (χ2n) is 4.80. The zero-order valence-corrected chi connectivity index (χ0v) is 12.2. The number of hydrogen-bond acceptors (Lipinski definition) is 3. The molecule has 0 fully saturated rings. The molecule has 0 aliphatic heterocycles. The highest BCUT2D eigenvalue weighted by atomic mass is 15.5. The van der Waals surface area contributed by atoms with Crippen molar-refractivity contribution in [2.45, 2.75) is 71.8 Å².